The van der Waals surface area contributed by atoms with Crippen LogP contribution in [0.2, 0.25) is 0 Å². The number of hydrogen-bond acceptors (Lipinski definition) is 8. The summed E-state index contributed by atoms with van der Waals surface area (Å²) in [6.07, 6.45) is -6.55. The number of rotatable bonds is 8. The maximum Gasteiger partial charge on any atom is 0.338 e. The molecule has 2 aliphatic rings. The molecule has 33 heavy (non-hydrogen) atoms. The highest BCUT2D eigenvalue weighted by Gasteiger charge is 2.49. The average molecular weight is 467 g/mol. The summed E-state index contributed by atoms with van der Waals surface area (Å²) in [6.45, 7) is 6.50. The molecular formula is C25H38O8. The van der Waals surface area contributed by atoms with Crippen molar-refractivity contribution < 1.29 is 39.4 Å². The van der Waals surface area contributed by atoms with E-state index in [0.717, 1.165) is 18.4 Å². The molecule has 2 fully saturated rings. The Morgan fingerprint density at radius 2 is 1.79 bits per heavy atom. The first-order chi connectivity index (χ1) is 15.7. The third-order valence-electron chi connectivity index (χ3n) is 6.95. The molecule has 1 heterocycles. The molecule has 0 bridgehead atoms. The average Bonchev–Trinajstić information content (AvgIpc) is 2.79. The van der Waals surface area contributed by atoms with E-state index in [4.69, 9.17) is 14.2 Å². The van der Waals surface area contributed by atoms with Crippen molar-refractivity contribution in [2.75, 3.05) is 6.61 Å². The fourth-order valence-corrected chi connectivity index (χ4v) is 5.18. The molecule has 1 aromatic carbocycles. The highest BCUT2D eigenvalue weighted by molar-refractivity contribution is 5.75. The van der Waals surface area contributed by atoms with E-state index in [-0.39, 0.29) is 18.6 Å². The number of ether oxygens (including phenoxy) is 3. The zero-order valence-electron chi connectivity index (χ0n) is 19.6. The molecular weight excluding hydrogens is 428 g/mol. The van der Waals surface area contributed by atoms with Crippen molar-refractivity contribution in [1.82, 2.24) is 0 Å². The number of aliphatic hydroxyl groups is 4. The second-order valence-electron chi connectivity index (χ2n) is 9.70. The second kappa shape index (κ2) is 11.7. The minimum Gasteiger partial charge on any atom is -0.460 e. The minimum atomic E-state index is -1.83. The van der Waals surface area contributed by atoms with E-state index in [0.29, 0.717) is 24.7 Å². The lowest BCUT2D eigenvalue weighted by Gasteiger charge is -2.42. The smallest absolute Gasteiger partial charge is 0.338 e. The SMILES string of the molecule is CC(C)C1C(C)CCCC1OC(=O)C(O)[C@H]1O[C@@H](OCCc2ccccc2)[C@H](O)[C@@H](O)[C@@H]1O. The standard InChI is InChI=1S/C25H38O8/c1-14(2)18-15(3)8-7-11-17(18)32-24(30)22(29)23-20(27)19(26)21(28)25(33-23)31-13-12-16-9-5-4-6-10-16/h4-6,9-10,14-15,17-23,25-29H,7-8,11-13H2,1-3H3/t15?,17?,18?,19-,20-,21+,22?,23-,25+/m0/s1. The van der Waals surface area contributed by atoms with E-state index in [1.54, 1.807) is 0 Å². The molecule has 0 aromatic heterocycles. The van der Waals surface area contributed by atoms with Crippen LogP contribution in [0.4, 0.5) is 0 Å². The minimum absolute atomic E-state index is 0.175. The molecule has 1 aliphatic carbocycles. The predicted molar refractivity (Wildman–Crippen MR) is 120 cm³/mol. The molecule has 1 aromatic rings. The lowest BCUT2D eigenvalue weighted by atomic mass is 9.72. The number of aliphatic hydroxyl groups excluding tert-OH is 4. The molecule has 1 saturated heterocycles. The molecule has 3 rings (SSSR count). The maximum absolute atomic E-state index is 12.8. The van der Waals surface area contributed by atoms with E-state index >= 15 is 0 Å². The van der Waals surface area contributed by atoms with Crippen LogP contribution in [0.15, 0.2) is 30.3 Å². The van der Waals surface area contributed by atoms with Crippen LogP contribution in [-0.4, -0.2) is 75.9 Å². The lowest BCUT2D eigenvalue weighted by molar-refractivity contribution is -0.309. The van der Waals surface area contributed by atoms with Gasteiger partial charge in [0.25, 0.3) is 0 Å². The summed E-state index contributed by atoms with van der Waals surface area (Å²) in [4.78, 5) is 12.8. The van der Waals surface area contributed by atoms with Crippen molar-refractivity contribution in [3.63, 3.8) is 0 Å². The Morgan fingerprint density at radius 3 is 2.45 bits per heavy atom. The van der Waals surface area contributed by atoms with Crippen molar-refractivity contribution >= 4 is 5.97 Å². The van der Waals surface area contributed by atoms with E-state index in [9.17, 15) is 25.2 Å². The molecule has 1 saturated carbocycles. The van der Waals surface area contributed by atoms with Crippen LogP contribution in [0, 0.1) is 17.8 Å². The van der Waals surface area contributed by atoms with Gasteiger partial charge in [0.2, 0.25) is 0 Å². The maximum atomic E-state index is 12.8. The number of esters is 1. The van der Waals surface area contributed by atoms with Gasteiger partial charge in [0.1, 0.15) is 30.5 Å². The summed E-state index contributed by atoms with van der Waals surface area (Å²) in [5.74, 6) is -0.0280. The third kappa shape index (κ3) is 6.32. The Bertz CT molecular complexity index is 741. The topological polar surface area (TPSA) is 126 Å². The highest BCUT2D eigenvalue weighted by atomic mass is 16.7. The van der Waals surface area contributed by atoms with Gasteiger partial charge in [-0.15, -0.1) is 0 Å². The van der Waals surface area contributed by atoms with Crippen molar-refractivity contribution in [2.24, 2.45) is 17.8 Å². The first-order valence-electron chi connectivity index (χ1n) is 11.9. The zero-order chi connectivity index (χ0) is 24.1. The Morgan fingerprint density at radius 1 is 1.09 bits per heavy atom. The zero-order valence-corrected chi connectivity index (χ0v) is 19.6. The van der Waals surface area contributed by atoms with Gasteiger partial charge in [0.15, 0.2) is 12.4 Å². The van der Waals surface area contributed by atoms with Gasteiger partial charge in [-0.1, -0.05) is 57.5 Å². The third-order valence-corrected chi connectivity index (χ3v) is 6.95. The van der Waals surface area contributed by atoms with Gasteiger partial charge < -0.3 is 34.6 Å². The molecule has 8 heteroatoms. The molecule has 0 radical (unpaired) electrons. The summed E-state index contributed by atoms with van der Waals surface area (Å²) in [5, 5.41) is 41.6. The summed E-state index contributed by atoms with van der Waals surface area (Å²) in [6, 6.07) is 9.56. The molecule has 9 atom stereocenters. The first kappa shape index (κ1) is 26.1. The first-order valence-corrected chi connectivity index (χ1v) is 11.9. The normalized spacial score (nSPS) is 35.9. The summed E-state index contributed by atoms with van der Waals surface area (Å²) in [7, 11) is 0. The van der Waals surface area contributed by atoms with Crippen LogP contribution in [0.5, 0.6) is 0 Å². The molecule has 1 aliphatic heterocycles. The lowest BCUT2D eigenvalue weighted by Crippen LogP contribution is -2.62. The number of hydrogen-bond donors (Lipinski definition) is 4. The number of benzene rings is 1. The van der Waals surface area contributed by atoms with Gasteiger partial charge in [0, 0.05) is 5.92 Å². The van der Waals surface area contributed by atoms with Crippen LogP contribution in [0.25, 0.3) is 0 Å². The number of carbonyl (C=O) groups excluding carboxylic acids is 1. The van der Waals surface area contributed by atoms with E-state index < -0.39 is 42.8 Å². The molecule has 8 nitrogen and oxygen atoms in total. The van der Waals surface area contributed by atoms with Gasteiger partial charge >= 0.3 is 5.97 Å². The molecule has 4 unspecified atom stereocenters. The van der Waals surface area contributed by atoms with Crippen LogP contribution in [-0.2, 0) is 25.4 Å². The quantitative estimate of drug-likeness (QED) is 0.424. The van der Waals surface area contributed by atoms with Gasteiger partial charge in [-0.2, -0.15) is 0 Å². The fourth-order valence-electron chi connectivity index (χ4n) is 5.18. The monoisotopic (exact) mass is 466 g/mol. The van der Waals surface area contributed by atoms with Crippen molar-refractivity contribution in [3.05, 3.63) is 35.9 Å². The van der Waals surface area contributed by atoms with Crippen LogP contribution in [0.3, 0.4) is 0 Å². The largest absolute Gasteiger partial charge is 0.460 e. The Balaban J connectivity index is 1.61. The van der Waals surface area contributed by atoms with Crippen LogP contribution >= 0.6 is 0 Å². The second-order valence-corrected chi connectivity index (χ2v) is 9.70. The molecule has 0 spiro atoms. The summed E-state index contributed by atoms with van der Waals surface area (Å²) >= 11 is 0. The van der Waals surface area contributed by atoms with Crippen LogP contribution < -0.4 is 0 Å². The highest BCUT2D eigenvalue weighted by Crippen LogP contribution is 2.37. The Labute approximate surface area is 195 Å². The number of carbonyl (C=O) groups is 1. The molecule has 0 amide bonds. The van der Waals surface area contributed by atoms with Crippen molar-refractivity contribution in [1.29, 1.82) is 0 Å². The van der Waals surface area contributed by atoms with Crippen molar-refractivity contribution in [3.8, 4) is 0 Å². The molecule has 186 valence electrons. The fraction of sp³-hybridized carbons (Fsp3) is 0.720. The summed E-state index contributed by atoms with van der Waals surface area (Å²) in [5.41, 5.74) is 1.02. The summed E-state index contributed by atoms with van der Waals surface area (Å²) < 4.78 is 16.8. The van der Waals surface area contributed by atoms with E-state index in [2.05, 4.69) is 20.8 Å². The van der Waals surface area contributed by atoms with Crippen LogP contribution in [0.1, 0.15) is 45.6 Å². The van der Waals surface area contributed by atoms with Gasteiger partial charge in [-0.05, 0) is 36.7 Å². The van der Waals surface area contributed by atoms with Crippen molar-refractivity contribution in [2.45, 2.75) is 89.4 Å². The van der Waals surface area contributed by atoms with E-state index in [1.165, 1.54) is 0 Å². The Hall–Kier alpha value is -1.55. The van der Waals surface area contributed by atoms with Gasteiger partial charge in [-0.3, -0.25) is 0 Å². The van der Waals surface area contributed by atoms with Gasteiger partial charge in [-0.25, -0.2) is 4.79 Å². The molecule has 4 N–H and O–H groups in total. The predicted octanol–water partition coefficient (Wildman–Crippen LogP) is 1.42. The van der Waals surface area contributed by atoms with E-state index in [1.807, 2.05) is 30.3 Å². The van der Waals surface area contributed by atoms with Gasteiger partial charge in [0.05, 0.1) is 6.61 Å². The Kier molecular flexibility index (Phi) is 9.26.